The van der Waals surface area contributed by atoms with Gasteiger partial charge in [-0.15, -0.1) is 11.6 Å². The predicted molar refractivity (Wildman–Crippen MR) is 95.8 cm³/mol. The van der Waals surface area contributed by atoms with E-state index in [1.807, 2.05) is 55.5 Å². The molecule has 2 nitrogen and oxygen atoms in total. The van der Waals surface area contributed by atoms with Crippen LogP contribution in [-0.4, -0.2) is 23.2 Å². The van der Waals surface area contributed by atoms with Crippen molar-refractivity contribution >= 4 is 40.1 Å². The van der Waals surface area contributed by atoms with Gasteiger partial charge in [0.1, 0.15) is 0 Å². The molecule has 0 bridgehead atoms. The number of hydrogen-bond donors (Lipinski definition) is 0. The number of halogens is 2. The summed E-state index contributed by atoms with van der Waals surface area (Å²) in [6.07, 6.45) is 0. The predicted octanol–water partition coefficient (Wildman–Crippen LogP) is 4.48. The number of amides is 1. The first-order valence-corrected chi connectivity index (χ1v) is 8.39. The molecule has 0 radical (unpaired) electrons. The summed E-state index contributed by atoms with van der Waals surface area (Å²) in [7, 11) is 0. The molecule has 0 atom stereocenters. The Morgan fingerprint density at radius 2 is 1.86 bits per heavy atom. The van der Waals surface area contributed by atoms with Gasteiger partial charge >= 0.3 is 0 Å². The van der Waals surface area contributed by atoms with Crippen LogP contribution < -0.4 is 0 Å². The van der Waals surface area contributed by atoms with Gasteiger partial charge in [-0.25, -0.2) is 0 Å². The largest absolute Gasteiger partial charge is 0.333 e. The van der Waals surface area contributed by atoms with Gasteiger partial charge in [-0.05, 0) is 46.7 Å². The Balaban J connectivity index is 2.25. The van der Waals surface area contributed by atoms with Gasteiger partial charge in [-0.3, -0.25) is 4.79 Å². The molecule has 0 heterocycles. The van der Waals surface area contributed by atoms with E-state index in [-0.39, 0.29) is 5.91 Å². The first-order valence-electron chi connectivity index (χ1n) is 6.77. The molecule has 0 aromatic heterocycles. The van der Waals surface area contributed by atoms with E-state index in [9.17, 15) is 4.79 Å². The lowest BCUT2D eigenvalue weighted by Gasteiger charge is -2.23. The molecule has 0 N–H and O–H groups in total. The van der Waals surface area contributed by atoms with E-state index in [2.05, 4.69) is 22.6 Å². The second-order valence-electron chi connectivity index (χ2n) is 4.84. The van der Waals surface area contributed by atoms with Crippen LogP contribution in [0.1, 0.15) is 21.5 Å². The Hall–Kier alpha value is -1.07. The van der Waals surface area contributed by atoms with Gasteiger partial charge in [0.15, 0.2) is 0 Å². The fourth-order valence-corrected chi connectivity index (χ4v) is 2.94. The van der Waals surface area contributed by atoms with Crippen molar-refractivity contribution in [3.63, 3.8) is 0 Å². The molecule has 2 aromatic rings. The Labute approximate surface area is 144 Å². The number of benzene rings is 2. The second-order valence-corrected chi connectivity index (χ2v) is 6.29. The van der Waals surface area contributed by atoms with Crippen LogP contribution in [0, 0.1) is 10.5 Å². The van der Waals surface area contributed by atoms with Crippen molar-refractivity contribution < 1.29 is 4.79 Å². The molecule has 0 fully saturated rings. The van der Waals surface area contributed by atoms with Crippen molar-refractivity contribution in [2.45, 2.75) is 13.5 Å². The van der Waals surface area contributed by atoms with Crippen LogP contribution in [0.15, 0.2) is 48.5 Å². The summed E-state index contributed by atoms with van der Waals surface area (Å²) < 4.78 is 1.01. The van der Waals surface area contributed by atoms with Gasteiger partial charge in [-0.1, -0.05) is 42.5 Å². The molecule has 0 saturated heterocycles. The highest BCUT2D eigenvalue weighted by atomic mass is 127. The van der Waals surface area contributed by atoms with Crippen molar-refractivity contribution in [1.29, 1.82) is 0 Å². The minimum absolute atomic E-state index is 0.0348. The van der Waals surface area contributed by atoms with Gasteiger partial charge < -0.3 is 4.90 Å². The lowest BCUT2D eigenvalue weighted by Crippen LogP contribution is -2.32. The topological polar surface area (TPSA) is 20.3 Å². The minimum atomic E-state index is 0.0348. The van der Waals surface area contributed by atoms with Crippen LogP contribution in [0.25, 0.3) is 0 Å². The van der Waals surface area contributed by atoms with E-state index in [4.69, 9.17) is 11.6 Å². The van der Waals surface area contributed by atoms with Crippen molar-refractivity contribution in [2.24, 2.45) is 0 Å². The summed E-state index contributed by atoms with van der Waals surface area (Å²) in [5.74, 6) is 0.466. The monoisotopic (exact) mass is 413 g/mol. The summed E-state index contributed by atoms with van der Waals surface area (Å²) in [5, 5.41) is 0. The molecule has 0 aliphatic carbocycles. The first kappa shape index (κ1) is 16.3. The lowest BCUT2D eigenvalue weighted by molar-refractivity contribution is 0.0752. The number of carbonyl (C=O) groups is 1. The molecular formula is C17H17ClINO. The molecule has 1 amide bonds. The zero-order valence-corrected chi connectivity index (χ0v) is 14.8. The zero-order valence-electron chi connectivity index (χ0n) is 11.9. The fraction of sp³-hybridized carbons (Fsp3) is 0.235. The lowest BCUT2D eigenvalue weighted by atomic mass is 10.1. The summed E-state index contributed by atoms with van der Waals surface area (Å²) in [5.41, 5.74) is 2.97. The van der Waals surface area contributed by atoms with Gasteiger partial charge in [0.2, 0.25) is 0 Å². The SMILES string of the molecule is Cc1cccc(C(=O)N(CCCl)Cc2ccccc2)c1I. The molecule has 2 rings (SSSR count). The third kappa shape index (κ3) is 4.20. The summed E-state index contributed by atoms with van der Waals surface area (Å²) >= 11 is 8.10. The fourth-order valence-electron chi connectivity index (χ4n) is 2.14. The molecule has 0 spiro atoms. The van der Waals surface area contributed by atoms with Crippen molar-refractivity contribution in [3.8, 4) is 0 Å². The van der Waals surface area contributed by atoms with E-state index >= 15 is 0 Å². The molecule has 0 unspecified atom stereocenters. The van der Waals surface area contributed by atoms with Crippen LogP contribution >= 0.6 is 34.2 Å². The standard InChI is InChI=1S/C17H17ClINO/c1-13-6-5-9-15(16(13)19)17(21)20(11-10-18)12-14-7-3-2-4-8-14/h2-9H,10-12H2,1H3. The molecule has 0 aliphatic rings. The summed E-state index contributed by atoms with van der Waals surface area (Å²) in [4.78, 5) is 14.6. The highest BCUT2D eigenvalue weighted by Crippen LogP contribution is 2.19. The third-order valence-electron chi connectivity index (χ3n) is 3.28. The van der Waals surface area contributed by atoms with Crippen molar-refractivity contribution in [1.82, 2.24) is 4.90 Å². The van der Waals surface area contributed by atoms with E-state index in [1.54, 1.807) is 4.90 Å². The number of hydrogen-bond acceptors (Lipinski definition) is 1. The normalized spacial score (nSPS) is 10.4. The highest BCUT2D eigenvalue weighted by molar-refractivity contribution is 14.1. The maximum Gasteiger partial charge on any atom is 0.255 e. The quantitative estimate of drug-likeness (QED) is 0.523. The molecule has 110 valence electrons. The summed E-state index contributed by atoms with van der Waals surface area (Å²) in [6.45, 7) is 3.14. The zero-order chi connectivity index (χ0) is 15.2. The van der Waals surface area contributed by atoms with E-state index < -0.39 is 0 Å². The smallest absolute Gasteiger partial charge is 0.255 e. The molecular weight excluding hydrogens is 397 g/mol. The van der Waals surface area contributed by atoms with E-state index in [1.165, 1.54) is 0 Å². The number of carbonyl (C=O) groups excluding carboxylic acids is 1. The van der Waals surface area contributed by atoms with E-state index in [0.29, 0.717) is 19.0 Å². The molecule has 2 aromatic carbocycles. The maximum absolute atomic E-state index is 12.8. The van der Waals surface area contributed by atoms with Gasteiger partial charge in [-0.2, -0.15) is 0 Å². The third-order valence-corrected chi connectivity index (χ3v) is 4.88. The van der Waals surface area contributed by atoms with Gasteiger partial charge in [0.25, 0.3) is 5.91 Å². The van der Waals surface area contributed by atoms with Crippen LogP contribution in [0.2, 0.25) is 0 Å². The Morgan fingerprint density at radius 3 is 2.52 bits per heavy atom. The number of nitrogens with zero attached hydrogens (tertiary/aromatic N) is 1. The number of alkyl halides is 1. The Morgan fingerprint density at radius 1 is 1.14 bits per heavy atom. The Bertz CT molecular complexity index is 615. The number of rotatable bonds is 5. The molecule has 4 heteroatoms. The average molecular weight is 414 g/mol. The van der Waals surface area contributed by atoms with Crippen LogP contribution in [0.4, 0.5) is 0 Å². The number of aryl methyl sites for hydroxylation is 1. The van der Waals surface area contributed by atoms with Crippen molar-refractivity contribution in [2.75, 3.05) is 12.4 Å². The van der Waals surface area contributed by atoms with Crippen molar-refractivity contribution in [3.05, 3.63) is 68.8 Å². The van der Waals surface area contributed by atoms with Crippen LogP contribution in [0.5, 0.6) is 0 Å². The van der Waals surface area contributed by atoms with E-state index in [0.717, 1.165) is 20.3 Å². The van der Waals surface area contributed by atoms with Gasteiger partial charge in [0.05, 0.1) is 5.56 Å². The minimum Gasteiger partial charge on any atom is -0.333 e. The Kier molecular flexibility index (Phi) is 6.06. The second kappa shape index (κ2) is 7.80. The highest BCUT2D eigenvalue weighted by Gasteiger charge is 2.18. The van der Waals surface area contributed by atoms with Gasteiger partial charge in [0, 0.05) is 22.5 Å². The van der Waals surface area contributed by atoms with Crippen LogP contribution in [-0.2, 0) is 6.54 Å². The first-order chi connectivity index (χ1) is 10.1. The van der Waals surface area contributed by atoms with Crippen LogP contribution in [0.3, 0.4) is 0 Å². The average Bonchev–Trinajstić information content (AvgIpc) is 2.50. The summed E-state index contributed by atoms with van der Waals surface area (Å²) in [6, 6.07) is 15.8. The molecule has 21 heavy (non-hydrogen) atoms. The molecule has 0 aliphatic heterocycles. The molecule has 0 saturated carbocycles. The maximum atomic E-state index is 12.8.